The van der Waals surface area contributed by atoms with Crippen LogP contribution in [0.15, 0.2) is 52.3 Å². The van der Waals surface area contributed by atoms with E-state index in [9.17, 15) is 18.0 Å². The monoisotopic (exact) mass is 463 g/mol. The van der Waals surface area contributed by atoms with Gasteiger partial charge in [-0.05, 0) is 68.3 Å². The molecule has 0 saturated carbocycles. The van der Waals surface area contributed by atoms with E-state index >= 15 is 0 Å². The first-order valence-corrected chi connectivity index (χ1v) is 12.4. The van der Waals surface area contributed by atoms with Gasteiger partial charge < -0.3 is 10.6 Å². The maximum Gasteiger partial charge on any atom is 0.242 e. The van der Waals surface area contributed by atoms with E-state index in [-0.39, 0.29) is 10.8 Å². The van der Waals surface area contributed by atoms with E-state index in [4.69, 9.17) is 0 Å². The number of thioether (sulfide) groups is 1. The number of sulfonamides is 1. The Morgan fingerprint density at radius 3 is 2.23 bits per heavy atom. The molecule has 2 atom stereocenters. The second-order valence-electron chi connectivity index (χ2n) is 7.35. The highest BCUT2D eigenvalue weighted by Gasteiger charge is 2.22. The average Bonchev–Trinajstić information content (AvgIpc) is 2.69. The van der Waals surface area contributed by atoms with Crippen molar-refractivity contribution in [3.05, 3.63) is 48.0 Å². The quantitative estimate of drug-likeness (QED) is 0.485. The zero-order valence-corrected chi connectivity index (χ0v) is 20.0. The summed E-state index contributed by atoms with van der Waals surface area (Å²) in [7, 11) is -3.90. The summed E-state index contributed by atoms with van der Waals surface area (Å²) < 4.78 is 27.6. The Hall–Kier alpha value is -2.36. The van der Waals surface area contributed by atoms with Gasteiger partial charge >= 0.3 is 0 Å². The summed E-state index contributed by atoms with van der Waals surface area (Å²) in [4.78, 5) is 24.8. The first-order valence-electron chi connectivity index (χ1n) is 10.00. The predicted molar refractivity (Wildman–Crippen MR) is 126 cm³/mol. The smallest absolute Gasteiger partial charge is 0.242 e. The molecule has 0 heterocycles. The van der Waals surface area contributed by atoms with Crippen LogP contribution < -0.4 is 15.4 Å². The number of benzene rings is 2. The molecule has 3 N–H and O–H groups in total. The van der Waals surface area contributed by atoms with Crippen molar-refractivity contribution in [1.82, 2.24) is 4.72 Å². The van der Waals surface area contributed by atoms with Gasteiger partial charge in [0.05, 0.1) is 10.9 Å². The minimum absolute atomic E-state index is 0.00357. The number of amides is 2. The van der Waals surface area contributed by atoms with Gasteiger partial charge in [0.25, 0.3) is 0 Å². The third-order valence-electron chi connectivity index (χ3n) is 4.58. The van der Waals surface area contributed by atoms with Gasteiger partial charge in [-0.15, -0.1) is 11.8 Å². The molecule has 7 nitrogen and oxygen atoms in total. The Morgan fingerprint density at radius 2 is 1.68 bits per heavy atom. The van der Waals surface area contributed by atoms with Crippen LogP contribution in [-0.2, 0) is 19.6 Å². The Morgan fingerprint density at radius 1 is 1.03 bits per heavy atom. The summed E-state index contributed by atoms with van der Waals surface area (Å²) in [5.41, 5.74) is 2.04. The Kier molecular flexibility index (Phi) is 8.67. The molecule has 0 radical (unpaired) electrons. The van der Waals surface area contributed by atoms with E-state index in [1.165, 1.54) is 38.1 Å². The fraction of sp³-hybridized carbons (Fsp3) is 0.364. The molecule has 0 spiro atoms. The van der Waals surface area contributed by atoms with Gasteiger partial charge in [0.1, 0.15) is 0 Å². The van der Waals surface area contributed by atoms with E-state index < -0.39 is 22.0 Å². The van der Waals surface area contributed by atoms with Gasteiger partial charge in [-0.1, -0.05) is 13.8 Å². The standard InChI is InChI=1S/C22H29N3O4S2/c1-6-15(3)30-19-9-12-21(14(2)13-19)24-22(27)16(4)25-31(28,29)20-10-7-18(8-11-20)23-17(5)26/h7-13,15-16,25H,6H2,1-5H3,(H,23,26)(H,24,27)/t15?,16-/m0/s1. The maximum atomic E-state index is 12.6. The second-order valence-corrected chi connectivity index (χ2v) is 10.6. The van der Waals surface area contributed by atoms with Crippen LogP contribution in [0.2, 0.25) is 0 Å². The number of nitrogens with one attached hydrogen (secondary N) is 3. The second kappa shape index (κ2) is 10.8. The summed E-state index contributed by atoms with van der Waals surface area (Å²) in [6.45, 7) is 9.06. The largest absolute Gasteiger partial charge is 0.326 e. The molecule has 168 valence electrons. The van der Waals surface area contributed by atoms with Gasteiger partial charge in [0, 0.05) is 28.4 Å². The summed E-state index contributed by atoms with van der Waals surface area (Å²) in [6, 6.07) is 10.5. The lowest BCUT2D eigenvalue weighted by molar-refractivity contribution is -0.117. The van der Waals surface area contributed by atoms with Gasteiger partial charge in [0.2, 0.25) is 21.8 Å². The van der Waals surface area contributed by atoms with Gasteiger partial charge in [0.15, 0.2) is 0 Å². The lowest BCUT2D eigenvalue weighted by Gasteiger charge is -2.16. The molecule has 9 heteroatoms. The fourth-order valence-corrected chi connectivity index (χ4v) is 4.91. The van der Waals surface area contributed by atoms with E-state index in [0.717, 1.165) is 16.9 Å². The number of anilines is 2. The lowest BCUT2D eigenvalue weighted by atomic mass is 10.2. The predicted octanol–water partition coefficient (Wildman–Crippen LogP) is 4.15. The zero-order chi connectivity index (χ0) is 23.2. The highest BCUT2D eigenvalue weighted by atomic mass is 32.2. The number of carbonyl (C=O) groups is 2. The molecule has 2 aromatic rings. The number of rotatable bonds is 9. The van der Waals surface area contributed by atoms with Crippen molar-refractivity contribution in [2.75, 3.05) is 10.6 Å². The van der Waals surface area contributed by atoms with E-state index in [1.807, 2.05) is 25.1 Å². The molecule has 2 amide bonds. The molecule has 0 aliphatic carbocycles. The van der Waals surface area contributed by atoms with Crippen LogP contribution in [0.3, 0.4) is 0 Å². The average molecular weight is 464 g/mol. The number of carbonyl (C=O) groups excluding carboxylic acids is 2. The van der Waals surface area contributed by atoms with Crippen molar-refractivity contribution in [3.63, 3.8) is 0 Å². The van der Waals surface area contributed by atoms with E-state index in [0.29, 0.717) is 16.6 Å². The molecule has 0 aliphatic heterocycles. The molecule has 0 fully saturated rings. The maximum absolute atomic E-state index is 12.6. The van der Waals surface area contributed by atoms with Gasteiger partial charge in [-0.25, -0.2) is 8.42 Å². The Bertz CT molecular complexity index is 1040. The van der Waals surface area contributed by atoms with Gasteiger partial charge in [-0.2, -0.15) is 4.72 Å². The van der Waals surface area contributed by atoms with E-state index in [1.54, 1.807) is 11.8 Å². The molecule has 0 aromatic heterocycles. The van der Waals surface area contributed by atoms with Crippen molar-refractivity contribution < 1.29 is 18.0 Å². The fourth-order valence-electron chi connectivity index (χ4n) is 2.68. The molecule has 0 aliphatic rings. The first kappa shape index (κ1) is 24.9. The SMILES string of the molecule is CCC(C)Sc1ccc(NC(=O)[C@H](C)NS(=O)(=O)c2ccc(NC(C)=O)cc2)c(C)c1. The molecule has 31 heavy (non-hydrogen) atoms. The molecular formula is C22H29N3O4S2. The third kappa shape index (κ3) is 7.37. The topological polar surface area (TPSA) is 104 Å². The van der Waals surface area contributed by atoms with Gasteiger partial charge in [-0.3, -0.25) is 9.59 Å². The highest BCUT2D eigenvalue weighted by Crippen LogP contribution is 2.28. The summed E-state index contributed by atoms with van der Waals surface area (Å²) in [5.74, 6) is -0.704. The third-order valence-corrected chi connectivity index (χ3v) is 7.40. The van der Waals surface area contributed by atoms with Crippen molar-refractivity contribution in [2.45, 2.75) is 62.1 Å². The number of hydrogen-bond donors (Lipinski definition) is 3. The zero-order valence-electron chi connectivity index (χ0n) is 18.4. The van der Waals surface area contributed by atoms with E-state index in [2.05, 4.69) is 29.2 Å². The minimum atomic E-state index is -3.90. The van der Waals surface area contributed by atoms with Crippen LogP contribution in [-0.4, -0.2) is 31.5 Å². The van der Waals surface area contributed by atoms with Crippen LogP contribution in [0.5, 0.6) is 0 Å². The van der Waals surface area contributed by atoms with Crippen LogP contribution in [0, 0.1) is 6.92 Å². The van der Waals surface area contributed by atoms with Crippen molar-refractivity contribution in [1.29, 1.82) is 0 Å². The van der Waals surface area contributed by atoms with Crippen molar-refractivity contribution in [2.24, 2.45) is 0 Å². The lowest BCUT2D eigenvalue weighted by Crippen LogP contribution is -2.41. The van der Waals surface area contributed by atoms with Crippen LogP contribution in [0.4, 0.5) is 11.4 Å². The molecular weight excluding hydrogens is 434 g/mol. The van der Waals surface area contributed by atoms with Crippen LogP contribution >= 0.6 is 11.8 Å². The van der Waals surface area contributed by atoms with Crippen LogP contribution in [0.25, 0.3) is 0 Å². The summed E-state index contributed by atoms with van der Waals surface area (Å²) >= 11 is 1.77. The minimum Gasteiger partial charge on any atom is -0.326 e. The molecule has 0 saturated heterocycles. The highest BCUT2D eigenvalue weighted by molar-refractivity contribution is 7.99. The van der Waals surface area contributed by atoms with Crippen molar-refractivity contribution in [3.8, 4) is 0 Å². The number of hydrogen-bond acceptors (Lipinski definition) is 5. The first-order chi connectivity index (χ1) is 14.5. The summed E-state index contributed by atoms with van der Waals surface area (Å²) in [6.07, 6.45) is 1.07. The number of aryl methyl sites for hydroxylation is 1. The molecule has 1 unspecified atom stereocenters. The summed E-state index contributed by atoms with van der Waals surface area (Å²) in [5, 5.41) is 5.86. The Labute approximate surface area is 188 Å². The van der Waals surface area contributed by atoms with Crippen LogP contribution in [0.1, 0.15) is 39.7 Å². The normalized spacial score (nSPS) is 13.3. The van der Waals surface area contributed by atoms with Crippen molar-refractivity contribution >= 4 is 45.0 Å². The molecule has 2 rings (SSSR count). The molecule has 0 bridgehead atoms. The molecule has 2 aromatic carbocycles. The Balaban J connectivity index is 2.03.